The molecule has 0 aromatic heterocycles. The maximum absolute atomic E-state index is 12.5. The van der Waals surface area contributed by atoms with Crippen LogP contribution in [0.5, 0.6) is 11.5 Å². The van der Waals surface area contributed by atoms with Crippen molar-refractivity contribution in [3.8, 4) is 11.5 Å². The molecule has 14 heteroatoms. The monoisotopic (exact) mass is 681 g/mol. The fourth-order valence-electron chi connectivity index (χ4n) is 3.17. The second-order valence-electron chi connectivity index (χ2n) is 7.75. The van der Waals surface area contributed by atoms with Crippen LogP contribution in [-0.4, -0.2) is 40.4 Å². The highest BCUT2D eigenvalue weighted by molar-refractivity contribution is 9.10. The molecule has 0 atom stereocenters. The van der Waals surface area contributed by atoms with E-state index in [1.807, 2.05) is 0 Å². The predicted octanol–water partition coefficient (Wildman–Crippen LogP) is 6.57. The molecule has 38 heavy (non-hydrogen) atoms. The normalized spacial score (nSPS) is 11.4. The number of ether oxygens (including phenoxy) is 2. The number of hydrogen-bond acceptors (Lipinski definition) is 6. The molecule has 8 nitrogen and oxygen atoms in total. The van der Waals surface area contributed by atoms with Crippen LogP contribution in [0.4, 0.5) is 5.69 Å². The summed E-state index contributed by atoms with van der Waals surface area (Å²) in [6.45, 7) is -0.372. The summed E-state index contributed by atoms with van der Waals surface area (Å²) in [6, 6.07) is 12.7. The van der Waals surface area contributed by atoms with Crippen LogP contribution in [0, 0.1) is 0 Å². The van der Waals surface area contributed by atoms with Gasteiger partial charge in [0, 0.05) is 25.7 Å². The lowest BCUT2D eigenvalue weighted by atomic mass is 10.2. The van der Waals surface area contributed by atoms with Gasteiger partial charge in [-0.2, -0.15) is 5.10 Å². The fourth-order valence-corrected chi connectivity index (χ4v) is 5.56. The smallest absolute Gasteiger partial charge is 0.260 e. The summed E-state index contributed by atoms with van der Waals surface area (Å²) in [5.74, 6) is 0.149. The average Bonchev–Trinajstić information content (AvgIpc) is 2.81. The van der Waals surface area contributed by atoms with Gasteiger partial charge in [0.1, 0.15) is 13.2 Å². The molecule has 0 saturated carbocycles. The summed E-state index contributed by atoms with van der Waals surface area (Å²) < 4.78 is 37.3. The Kier molecular flexibility index (Phi) is 10.6. The summed E-state index contributed by atoms with van der Waals surface area (Å²) in [5.41, 5.74) is 3.75. The van der Waals surface area contributed by atoms with Crippen molar-refractivity contribution in [1.29, 1.82) is 0 Å². The molecule has 202 valence electrons. The van der Waals surface area contributed by atoms with Gasteiger partial charge >= 0.3 is 0 Å². The quantitative estimate of drug-likeness (QED) is 0.193. The van der Waals surface area contributed by atoms with Crippen molar-refractivity contribution < 1.29 is 22.7 Å². The van der Waals surface area contributed by atoms with Crippen molar-refractivity contribution in [2.24, 2.45) is 5.10 Å². The molecule has 0 bridgehead atoms. The highest BCUT2D eigenvalue weighted by Crippen LogP contribution is 2.37. The van der Waals surface area contributed by atoms with Crippen LogP contribution in [0.2, 0.25) is 20.1 Å². The van der Waals surface area contributed by atoms with Gasteiger partial charge in [0.2, 0.25) is 10.0 Å². The van der Waals surface area contributed by atoms with Crippen LogP contribution in [-0.2, 0) is 21.4 Å². The number of hydrogen-bond donors (Lipinski definition) is 1. The number of hydrazone groups is 1. The van der Waals surface area contributed by atoms with Crippen LogP contribution in [0.15, 0.2) is 58.1 Å². The minimum Gasteiger partial charge on any atom is -0.493 e. The molecule has 1 N–H and O–H groups in total. The van der Waals surface area contributed by atoms with Gasteiger partial charge in [0.05, 0.1) is 29.7 Å². The first-order valence-electron chi connectivity index (χ1n) is 10.6. The molecule has 0 aliphatic carbocycles. The molecule has 0 unspecified atom stereocenters. The lowest BCUT2D eigenvalue weighted by Gasteiger charge is -2.21. The zero-order valence-electron chi connectivity index (χ0n) is 19.8. The van der Waals surface area contributed by atoms with Crippen LogP contribution >= 0.6 is 62.3 Å². The van der Waals surface area contributed by atoms with Crippen LogP contribution in [0.3, 0.4) is 0 Å². The van der Waals surface area contributed by atoms with E-state index in [4.69, 9.17) is 55.9 Å². The summed E-state index contributed by atoms with van der Waals surface area (Å²) in [4.78, 5) is 12.5. The van der Waals surface area contributed by atoms with Crippen molar-refractivity contribution in [2.45, 2.75) is 6.61 Å². The Morgan fingerprint density at radius 2 is 1.74 bits per heavy atom. The zero-order valence-corrected chi connectivity index (χ0v) is 25.3. The third kappa shape index (κ3) is 8.39. The van der Waals surface area contributed by atoms with E-state index in [0.717, 1.165) is 16.1 Å². The number of halogens is 5. The topological polar surface area (TPSA) is 97.3 Å². The van der Waals surface area contributed by atoms with Gasteiger partial charge in [-0.25, -0.2) is 13.8 Å². The first-order chi connectivity index (χ1) is 17.9. The van der Waals surface area contributed by atoms with Crippen LogP contribution in [0.25, 0.3) is 0 Å². The Morgan fingerprint density at radius 3 is 2.34 bits per heavy atom. The van der Waals surface area contributed by atoms with Gasteiger partial charge in [-0.05, 0) is 64.0 Å². The van der Waals surface area contributed by atoms with Crippen LogP contribution < -0.4 is 19.2 Å². The van der Waals surface area contributed by atoms with Gasteiger partial charge in [-0.15, -0.1) is 0 Å². The zero-order chi connectivity index (χ0) is 28.0. The van der Waals surface area contributed by atoms with Gasteiger partial charge in [0.25, 0.3) is 5.91 Å². The molecule has 0 fully saturated rings. The second kappa shape index (κ2) is 13.2. The van der Waals surface area contributed by atoms with Crippen LogP contribution in [0.1, 0.15) is 11.1 Å². The van der Waals surface area contributed by atoms with Crippen molar-refractivity contribution in [2.75, 3.05) is 24.2 Å². The third-order valence-electron chi connectivity index (χ3n) is 4.86. The van der Waals surface area contributed by atoms with E-state index in [-0.39, 0.29) is 22.3 Å². The molecule has 0 aliphatic heterocycles. The van der Waals surface area contributed by atoms with Crippen molar-refractivity contribution in [1.82, 2.24) is 5.43 Å². The van der Waals surface area contributed by atoms with E-state index in [1.165, 1.54) is 31.5 Å². The van der Waals surface area contributed by atoms with Gasteiger partial charge in [-0.3, -0.25) is 9.10 Å². The SMILES string of the molecule is COc1cc(/C=N\NC(=O)CN(c2cc(Cl)cc(Cl)c2)S(C)(=O)=O)cc(Br)c1OCc1ccc(Cl)cc1Cl. The highest BCUT2D eigenvalue weighted by atomic mass is 79.9. The maximum Gasteiger partial charge on any atom is 0.260 e. The van der Waals surface area contributed by atoms with E-state index >= 15 is 0 Å². The van der Waals surface area contributed by atoms with Crippen molar-refractivity contribution in [3.05, 3.63) is 84.2 Å². The molecule has 1 amide bonds. The number of carbonyl (C=O) groups excluding carboxylic acids is 1. The number of nitrogens with zero attached hydrogens (tertiary/aromatic N) is 2. The Hall–Kier alpha value is -2.21. The Labute approximate surface area is 248 Å². The fraction of sp³-hybridized carbons (Fsp3) is 0.167. The van der Waals surface area contributed by atoms with Gasteiger partial charge < -0.3 is 9.47 Å². The molecular formula is C24H20BrCl4N3O5S. The van der Waals surface area contributed by atoms with E-state index in [9.17, 15) is 13.2 Å². The third-order valence-corrected chi connectivity index (χ3v) is 7.62. The number of carbonyl (C=O) groups is 1. The summed E-state index contributed by atoms with van der Waals surface area (Å²) in [7, 11) is -2.34. The Morgan fingerprint density at radius 1 is 1.05 bits per heavy atom. The molecule has 0 aliphatic rings. The number of amides is 1. The molecule has 0 heterocycles. The van der Waals surface area contributed by atoms with E-state index in [2.05, 4.69) is 26.5 Å². The van der Waals surface area contributed by atoms with E-state index in [1.54, 1.807) is 30.3 Å². The summed E-state index contributed by atoms with van der Waals surface area (Å²) in [6.07, 6.45) is 2.33. The first-order valence-corrected chi connectivity index (χ1v) is 14.7. The molecule has 0 radical (unpaired) electrons. The second-order valence-corrected chi connectivity index (χ2v) is 12.2. The maximum atomic E-state index is 12.5. The minimum absolute atomic E-state index is 0.147. The first kappa shape index (κ1) is 30.3. The minimum atomic E-state index is -3.82. The lowest BCUT2D eigenvalue weighted by molar-refractivity contribution is -0.119. The number of nitrogens with one attached hydrogen (secondary N) is 1. The Balaban J connectivity index is 1.70. The molecule has 0 saturated heterocycles. The van der Waals surface area contributed by atoms with E-state index in [0.29, 0.717) is 31.6 Å². The van der Waals surface area contributed by atoms with Crippen molar-refractivity contribution in [3.63, 3.8) is 0 Å². The largest absolute Gasteiger partial charge is 0.493 e. The Bertz CT molecular complexity index is 1470. The van der Waals surface area contributed by atoms with E-state index < -0.39 is 22.5 Å². The predicted molar refractivity (Wildman–Crippen MR) is 156 cm³/mol. The number of methoxy groups -OCH3 is 1. The molecular weight excluding hydrogens is 664 g/mol. The van der Waals surface area contributed by atoms with Gasteiger partial charge in [-0.1, -0.05) is 52.5 Å². The molecule has 0 spiro atoms. The number of sulfonamides is 1. The standard InChI is InChI=1S/C24H20BrCl4N3O5S/c1-36-22-6-14(5-20(25)24(22)37-13-15-3-4-16(26)10-21(15)29)11-30-31-23(33)12-32(38(2,34)35)19-8-17(27)7-18(28)9-19/h3-11H,12-13H2,1-2H3,(H,31,33)/b30-11-. The molecule has 3 aromatic carbocycles. The highest BCUT2D eigenvalue weighted by Gasteiger charge is 2.21. The lowest BCUT2D eigenvalue weighted by Crippen LogP contribution is -2.39. The number of benzene rings is 3. The summed E-state index contributed by atoms with van der Waals surface area (Å²) in [5, 5.41) is 5.36. The average molecular weight is 684 g/mol. The molecule has 3 rings (SSSR count). The summed E-state index contributed by atoms with van der Waals surface area (Å²) >= 11 is 27.6. The number of anilines is 1. The van der Waals surface area contributed by atoms with Crippen molar-refractivity contribution >= 4 is 90.2 Å². The number of rotatable bonds is 10. The van der Waals surface area contributed by atoms with Gasteiger partial charge in [0.15, 0.2) is 11.5 Å². The molecule has 3 aromatic rings.